The molecule has 1 aliphatic rings. The number of halogens is 1. The van der Waals surface area contributed by atoms with E-state index in [9.17, 15) is 0 Å². The third-order valence-corrected chi connectivity index (χ3v) is 3.46. The molecule has 0 saturated carbocycles. The summed E-state index contributed by atoms with van der Waals surface area (Å²) in [6.45, 7) is 5.89. The molecule has 1 saturated heterocycles. The number of nitrogens with one attached hydrogen (secondary N) is 1. The summed E-state index contributed by atoms with van der Waals surface area (Å²) >= 11 is 5.80. The van der Waals surface area contributed by atoms with Gasteiger partial charge in [-0.2, -0.15) is 0 Å². The predicted octanol–water partition coefficient (Wildman–Crippen LogP) is 2.67. The summed E-state index contributed by atoms with van der Waals surface area (Å²) in [5.74, 6) is 1.47. The van der Waals surface area contributed by atoms with Crippen molar-refractivity contribution >= 4 is 17.4 Å². The quantitative estimate of drug-likeness (QED) is 0.844. The fraction of sp³-hybridized carbons (Fsp3) is 0.667. The largest absolute Gasteiger partial charge is 0.381 e. The van der Waals surface area contributed by atoms with Gasteiger partial charge in [-0.3, -0.25) is 0 Å². The fourth-order valence-electron chi connectivity index (χ4n) is 2.12. The Morgan fingerprint density at radius 2 is 2.18 bits per heavy atom. The Bertz CT molecular complexity index is 380. The number of nitrogens with zero attached hydrogens (tertiary/aromatic N) is 2. The third-order valence-electron chi connectivity index (χ3n) is 3.28. The number of aryl methyl sites for hydroxylation is 1. The molecule has 0 amide bonds. The van der Waals surface area contributed by atoms with Crippen molar-refractivity contribution in [1.82, 2.24) is 9.97 Å². The van der Waals surface area contributed by atoms with Crippen LogP contribution in [-0.4, -0.2) is 29.2 Å². The van der Waals surface area contributed by atoms with Crippen molar-refractivity contribution in [2.75, 3.05) is 18.5 Å². The summed E-state index contributed by atoms with van der Waals surface area (Å²) in [7, 11) is 0. The van der Waals surface area contributed by atoms with Gasteiger partial charge in [-0.05, 0) is 44.2 Å². The molecule has 0 spiro atoms. The van der Waals surface area contributed by atoms with Gasteiger partial charge < -0.3 is 10.1 Å². The van der Waals surface area contributed by atoms with Gasteiger partial charge in [0.05, 0.1) is 0 Å². The molecule has 1 fully saturated rings. The summed E-state index contributed by atoms with van der Waals surface area (Å²) in [6, 6.07) is 0.378. The van der Waals surface area contributed by atoms with E-state index in [-0.39, 0.29) is 5.28 Å². The van der Waals surface area contributed by atoms with E-state index in [0.29, 0.717) is 12.0 Å². The monoisotopic (exact) mass is 255 g/mol. The molecule has 4 nitrogen and oxygen atoms in total. The molecule has 5 heteroatoms. The van der Waals surface area contributed by atoms with Crippen molar-refractivity contribution in [2.45, 2.75) is 32.7 Å². The van der Waals surface area contributed by atoms with Gasteiger partial charge >= 0.3 is 0 Å². The number of rotatable bonds is 3. The summed E-state index contributed by atoms with van der Waals surface area (Å²) in [5, 5.41) is 3.72. The first kappa shape index (κ1) is 12.6. The molecule has 1 aromatic heterocycles. The fourth-order valence-corrected chi connectivity index (χ4v) is 2.25. The third kappa shape index (κ3) is 3.30. The summed E-state index contributed by atoms with van der Waals surface area (Å²) in [4.78, 5) is 8.17. The van der Waals surface area contributed by atoms with Crippen LogP contribution in [0.2, 0.25) is 5.28 Å². The first-order valence-electron chi connectivity index (χ1n) is 6.00. The number of hydrogen-bond acceptors (Lipinski definition) is 4. The average molecular weight is 256 g/mol. The van der Waals surface area contributed by atoms with E-state index in [0.717, 1.165) is 37.4 Å². The van der Waals surface area contributed by atoms with Crippen LogP contribution >= 0.6 is 11.6 Å². The Kier molecular flexibility index (Phi) is 4.18. The average Bonchev–Trinajstić information content (AvgIpc) is 2.35. The van der Waals surface area contributed by atoms with Gasteiger partial charge in [-0.15, -0.1) is 0 Å². The molecule has 94 valence electrons. The maximum Gasteiger partial charge on any atom is 0.224 e. The Morgan fingerprint density at radius 1 is 1.47 bits per heavy atom. The van der Waals surface area contributed by atoms with E-state index in [1.807, 2.05) is 6.92 Å². The van der Waals surface area contributed by atoms with Gasteiger partial charge in [0.15, 0.2) is 0 Å². The maximum absolute atomic E-state index is 5.80. The molecular formula is C12H18ClN3O. The highest BCUT2D eigenvalue weighted by Crippen LogP contribution is 2.22. The molecule has 1 unspecified atom stereocenters. The Balaban J connectivity index is 2.01. The van der Waals surface area contributed by atoms with Crippen LogP contribution in [0.25, 0.3) is 0 Å². The number of ether oxygens (including phenoxy) is 1. The smallest absolute Gasteiger partial charge is 0.224 e. The molecule has 0 aliphatic carbocycles. The van der Waals surface area contributed by atoms with Crippen molar-refractivity contribution in [3.8, 4) is 0 Å². The molecule has 2 rings (SSSR count). The zero-order valence-corrected chi connectivity index (χ0v) is 11.0. The number of aromatic nitrogens is 2. The molecule has 1 aromatic rings. The molecular weight excluding hydrogens is 238 g/mol. The van der Waals surface area contributed by atoms with E-state index in [2.05, 4.69) is 22.2 Å². The topological polar surface area (TPSA) is 47.0 Å². The first-order valence-corrected chi connectivity index (χ1v) is 6.38. The van der Waals surface area contributed by atoms with Crippen molar-refractivity contribution < 1.29 is 4.74 Å². The van der Waals surface area contributed by atoms with Crippen LogP contribution < -0.4 is 5.32 Å². The Morgan fingerprint density at radius 3 is 2.88 bits per heavy atom. The van der Waals surface area contributed by atoms with Gasteiger partial charge in [0.2, 0.25) is 5.28 Å². The molecule has 17 heavy (non-hydrogen) atoms. The van der Waals surface area contributed by atoms with Crippen LogP contribution in [-0.2, 0) is 4.74 Å². The highest BCUT2D eigenvalue weighted by Gasteiger charge is 2.21. The van der Waals surface area contributed by atoms with Crippen LogP contribution in [0.3, 0.4) is 0 Å². The molecule has 0 aromatic carbocycles. The molecule has 0 bridgehead atoms. The molecule has 0 radical (unpaired) electrons. The minimum atomic E-state index is 0.289. The Labute approximate surface area is 107 Å². The van der Waals surface area contributed by atoms with E-state index >= 15 is 0 Å². The zero-order chi connectivity index (χ0) is 12.3. The standard InChI is InChI=1S/C12H18ClN3O/c1-8-7-14-12(13)16-11(8)15-9(2)10-3-5-17-6-4-10/h7,9-10H,3-6H2,1-2H3,(H,14,15,16). The second-order valence-corrected chi connectivity index (χ2v) is 4.89. The van der Waals surface area contributed by atoms with Gasteiger partial charge in [0, 0.05) is 31.0 Å². The minimum absolute atomic E-state index is 0.289. The van der Waals surface area contributed by atoms with Gasteiger partial charge in [0.1, 0.15) is 5.82 Å². The molecule has 1 atom stereocenters. The first-order chi connectivity index (χ1) is 8.16. The van der Waals surface area contributed by atoms with Crippen molar-refractivity contribution in [3.63, 3.8) is 0 Å². The highest BCUT2D eigenvalue weighted by molar-refractivity contribution is 6.28. The van der Waals surface area contributed by atoms with Crippen molar-refractivity contribution in [3.05, 3.63) is 17.0 Å². The highest BCUT2D eigenvalue weighted by atomic mass is 35.5. The van der Waals surface area contributed by atoms with Crippen molar-refractivity contribution in [2.24, 2.45) is 5.92 Å². The minimum Gasteiger partial charge on any atom is -0.381 e. The number of hydrogen-bond donors (Lipinski definition) is 1. The Hall–Kier alpha value is -0.870. The van der Waals surface area contributed by atoms with Crippen LogP contribution in [0.1, 0.15) is 25.3 Å². The predicted molar refractivity (Wildman–Crippen MR) is 68.4 cm³/mol. The lowest BCUT2D eigenvalue weighted by molar-refractivity contribution is 0.0622. The lowest BCUT2D eigenvalue weighted by Gasteiger charge is -2.29. The van der Waals surface area contributed by atoms with Crippen LogP contribution in [0.5, 0.6) is 0 Å². The maximum atomic E-state index is 5.80. The van der Waals surface area contributed by atoms with E-state index in [1.165, 1.54) is 0 Å². The van der Waals surface area contributed by atoms with Crippen LogP contribution in [0, 0.1) is 12.8 Å². The van der Waals surface area contributed by atoms with Crippen molar-refractivity contribution in [1.29, 1.82) is 0 Å². The normalized spacial score (nSPS) is 19.0. The van der Waals surface area contributed by atoms with E-state index < -0.39 is 0 Å². The van der Waals surface area contributed by atoms with Crippen LogP contribution in [0.15, 0.2) is 6.20 Å². The lowest BCUT2D eigenvalue weighted by Crippen LogP contribution is -2.31. The van der Waals surface area contributed by atoms with Crippen LogP contribution in [0.4, 0.5) is 5.82 Å². The molecule has 1 aliphatic heterocycles. The second-order valence-electron chi connectivity index (χ2n) is 4.55. The second kappa shape index (κ2) is 5.65. The summed E-state index contributed by atoms with van der Waals surface area (Å²) in [6.07, 6.45) is 3.95. The summed E-state index contributed by atoms with van der Waals surface area (Å²) < 4.78 is 5.37. The van der Waals surface area contributed by atoms with Gasteiger partial charge in [-0.1, -0.05) is 0 Å². The lowest BCUT2D eigenvalue weighted by atomic mass is 9.93. The van der Waals surface area contributed by atoms with Gasteiger partial charge in [-0.25, -0.2) is 9.97 Å². The molecule has 1 N–H and O–H groups in total. The van der Waals surface area contributed by atoms with Gasteiger partial charge in [0.25, 0.3) is 0 Å². The summed E-state index contributed by atoms with van der Waals surface area (Å²) in [5.41, 5.74) is 1.02. The SMILES string of the molecule is Cc1cnc(Cl)nc1NC(C)C1CCOCC1. The molecule has 2 heterocycles. The number of anilines is 1. The zero-order valence-electron chi connectivity index (χ0n) is 10.2. The van der Waals surface area contributed by atoms with E-state index in [1.54, 1.807) is 6.20 Å². The van der Waals surface area contributed by atoms with E-state index in [4.69, 9.17) is 16.3 Å².